The fourth-order valence-electron chi connectivity index (χ4n) is 2.45. The first-order valence-electron chi connectivity index (χ1n) is 7.70. The van der Waals surface area contributed by atoms with E-state index in [4.69, 9.17) is 4.74 Å². The van der Waals surface area contributed by atoms with Crippen LogP contribution in [0.25, 0.3) is 0 Å². The first kappa shape index (κ1) is 18.5. The third kappa shape index (κ3) is 4.97. The van der Waals surface area contributed by atoms with Gasteiger partial charge >= 0.3 is 0 Å². The number of hydrogen-bond acceptors (Lipinski definition) is 2. The van der Waals surface area contributed by atoms with E-state index >= 15 is 0 Å². The molecule has 118 valence electrons. The van der Waals surface area contributed by atoms with Gasteiger partial charge in [-0.1, -0.05) is 19.9 Å². The molecule has 0 aliphatic heterocycles. The third-order valence-corrected chi connectivity index (χ3v) is 5.43. The van der Waals surface area contributed by atoms with Gasteiger partial charge in [0.05, 0.1) is 29.5 Å². The molecule has 0 heterocycles. The maximum absolute atomic E-state index is 5.98. The molecule has 0 saturated heterocycles. The quantitative estimate of drug-likeness (QED) is 0.312. The van der Waals surface area contributed by atoms with Gasteiger partial charge in [0.1, 0.15) is 5.75 Å². The summed E-state index contributed by atoms with van der Waals surface area (Å²) in [7, 11) is 0. The second-order valence-corrected chi connectivity index (χ2v) is 6.72. The lowest BCUT2D eigenvalue weighted by Crippen LogP contribution is -2.25. The van der Waals surface area contributed by atoms with Gasteiger partial charge in [-0.15, -0.1) is 0 Å². The van der Waals surface area contributed by atoms with E-state index in [1.165, 1.54) is 22.4 Å². The van der Waals surface area contributed by atoms with Crippen LogP contribution in [0.5, 0.6) is 5.75 Å². The number of hydrogen-bond donors (Lipinski definition) is 0. The molecule has 0 N–H and O–H groups in total. The van der Waals surface area contributed by atoms with Crippen molar-refractivity contribution < 1.29 is 4.74 Å². The molecule has 0 aromatic heterocycles. The maximum atomic E-state index is 5.98. The van der Waals surface area contributed by atoms with Crippen LogP contribution < -0.4 is 4.74 Å². The second kappa shape index (κ2) is 8.16. The van der Waals surface area contributed by atoms with E-state index in [0.29, 0.717) is 0 Å². The zero-order valence-electron chi connectivity index (χ0n) is 14.2. The van der Waals surface area contributed by atoms with Gasteiger partial charge in [-0.05, 0) is 69.7 Å². The number of aryl methyl sites for hydroxylation is 3. The first-order valence-corrected chi connectivity index (χ1v) is 8.67. The Kier molecular flexibility index (Phi) is 7.17. The second-order valence-electron chi connectivity index (χ2n) is 6.24. The number of halogens is 1. The van der Waals surface area contributed by atoms with E-state index in [-0.39, 0.29) is 5.41 Å². The van der Waals surface area contributed by atoms with E-state index < -0.39 is 0 Å². The molecular formula is C18H28INO. The largest absolute Gasteiger partial charge is 0.493 e. The molecule has 1 rings (SSSR count). The summed E-state index contributed by atoms with van der Waals surface area (Å²) in [6, 6.07) is 4.36. The normalized spacial score (nSPS) is 14.9. The highest BCUT2D eigenvalue weighted by Gasteiger charge is 2.25. The van der Waals surface area contributed by atoms with E-state index in [0.717, 1.165) is 31.6 Å². The minimum atomic E-state index is 0.197. The number of benzene rings is 1. The Bertz CT molecular complexity index is 510. The van der Waals surface area contributed by atoms with Crippen LogP contribution in [0.1, 0.15) is 56.7 Å². The molecule has 2 nitrogen and oxygen atoms in total. The monoisotopic (exact) mass is 401 g/mol. The van der Waals surface area contributed by atoms with Crippen LogP contribution in [-0.4, -0.2) is 12.3 Å². The van der Waals surface area contributed by atoms with Gasteiger partial charge in [-0.2, -0.15) is 0 Å². The molecule has 0 aliphatic rings. The Morgan fingerprint density at radius 1 is 1.19 bits per heavy atom. The lowest BCUT2D eigenvalue weighted by Gasteiger charge is -2.27. The molecule has 0 bridgehead atoms. The fraction of sp³-hybridized carbons (Fsp3) is 0.611. The first-order chi connectivity index (χ1) is 9.84. The van der Waals surface area contributed by atoms with Crippen molar-refractivity contribution in [1.29, 1.82) is 0 Å². The highest BCUT2D eigenvalue weighted by molar-refractivity contribution is 14.1. The lowest BCUT2D eigenvalue weighted by atomic mass is 9.79. The summed E-state index contributed by atoms with van der Waals surface area (Å²) in [5, 5.41) is 0. The molecule has 0 spiro atoms. The van der Waals surface area contributed by atoms with Gasteiger partial charge in [0.2, 0.25) is 0 Å². The third-order valence-electron chi connectivity index (χ3n) is 4.70. The highest BCUT2D eigenvalue weighted by atomic mass is 127. The average molecular weight is 401 g/mol. The molecular weight excluding hydrogens is 373 g/mol. The Morgan fingerprint density at radius 2 is 1.81 bits per heavy atom. The minimum Gasteiger partial charge on any atom is -0.493 e. The molecule has 1 aromatic carbocycles. The van der Waals surface area contributed by atoms with Crippen molar-refractivity contribution in [2.75, 3.05) is 6.61 Å². The standard InChI is InChI=1S/C18H28INO/c1-7-18(6,16(5)20-19)9-8-10-21-17-12-14(3)13(2)11-15(17)4/h11-12H,7-10H2,1-6H3. The number of nitrogens with zero attached hydrogens (tertiary/aromatic N) is 1. The molecule has 0 aliphatic carbocycles. The van der Waals surface area contributed by atoms with Crippen molar-refractivity contribution >= 4 is 28.6 Å². The van der Waals surface area contributed by atoms with Crippen molar-refractivity contribution in [1.82, 2.24) is 0 Å². The molecule has 0 amide bonds. The van der Waals surface area contributed by atoms with Crippen molar-refractivity contribution in [3.63, 3.8) is 0 Å². The van der Waals surface area contributed by atoms with Crippen LogP contribution in [0.15, 0.2) is 15.3 Å². The van der Waals surface area contributed by atoms with Crippen LogP contribution in [-0.2, 0) is 0 Å². The van der Waals surface area contributed by atoms with Crippen LogP contribution in [0.2, 0.25) is 0 Å². The van der Waals surface area contributed by atoms with E-state index in [9.17, 15) is 0 Å². The topological polar surface area (TPSA) is 21.6 Å². The summed E-state index contributed by atoms with van der Waals surface area (Å²) in [4.78, 5) is 0. The van der Waals surface area contributed by atoms with Crippen molar-refractivity contribution in [2.24, 2.45) is 8.62 Å². The van der Waals surface area contributed by atoms with Gasteiger partial charge in [-0.3, -0.25) is 0 Å². The minimum absolute atomic E-state index is 0.197. The van der Waals surface area contributed by atoms with E-state index in [2.05, 4.69) is 79.7 Å². The van der Waals surface area contributed by atoms with Crippen molar-refractivity contribution in [3.05, 3.63) is 28.8 Å². The van der Waals surface area contributed by atoms with Gasteiger partial charge in [0.25, 0.3) is 0 Å². The predicted octanol–water partition coefficient (Wildman–Crippen LogP) is 6.00. The molecule has 1 atom stereocenters. The smallest absolute Gasteiger partial charge is 0.122 e. The molecule has 21 heavy (non-hydrogen) atoms. The zero-order chi connectivity index (χ0) is 16.0. The summed E-state index contributed by atoms with van der Waals surface area (Å²) in [5.41, 5.74) is 5.27. The highest BCUT2D eigenvalue weighted by Crippen LogP contribution is 2.30. The van der Waals surface area contributed by atoms with Crippen LogP contribution in [0.4, 0.5) is 0 Å². The summed E-state index contributed by atoms with van der Waals surface area (Å²) in [6.07, 6.45) is 3.29. The molecule has 3 heteroatoms. The number of rotatable bonds is 7. The predicted molar refractivity (Wildman–Crippen MR) is 101 cm³/mol. The van der Waals surface area contributed by atoms with E-state index in [1.807, 2.05) is 0 Å². The van der Waals surface area contributed by atoms with Gasteiger partial charge < -0.3 is 4.74 Å². The molecule has 0 radical (unpaired) electrons. The lowest BCUT2D eigenvalue weighted by molar-refractivity contribution is 0.277. The molecule has 0 saturated carbocycles. The Morgan fingerprint density at radius 3 is 2.38 bits per heavy atom. The van der Waals surface area contributed by atoms with Crippen LogP contribution in [0, 0.1) is 26.2 Å². The van der Waals surface area contributed by atoms with Gasteiger partial charge in [0.15, 0.2) is 0 Å². The van der Waals surface area contributed by atoms with Crippen molar-refractivity contribution in [3.8, 4) is 5.75 Å². The number of ether oxygens (including phenoxy) is 1. The SMILES string of the molecule is CCC(C)(CCCOc1cc(C)c(C)cc1C)C(C)=NI. The maximum Gasteiger partial charge on any atom is 0.122 e. The summed E-state index contributed by atoms with van der Waals surface area (Å²) >= 11 is 2.10. The Labute approximate surface area is 143 Å². The summed E-state index contributed by atoms with van der Waals surface area (Å²) < 4.78 is 10.3. The molecule has 0 fully saturated rings. The molecule has 1 unspecified atom stereocenters. The van der Waals surface area contributed by atoms with Crippen molar-refractivity contribution in [2.45, 2.75) is 60.8 Å². The van der Waals surface area contributed by atoms with Gasteiger partial charge in [-0.25, -0.2) is 3.21 Å². The van der Waals surface area contributed by atoms with Gasteiger partial charge in [0, 0.05) is 11.1 Å². The Balaban J connectivity index is 2.57. The van der Waals surface area contributed by atoms with Crippen LogP contribution in [0.3, 0.4) is 0 Å². The summed E-state index contributed by atoms with van der Waals surface area (Å²) in [6.45, 7) is 13.8. The Hall–Kier alpha value is -0.580. The van der Waals surface area contributed by atoms with E-state index in [1.54, 1.807) is 0 Å². The molecule has 1 aromatic rings. The average Bonchev–Trinajstić information content (AvgIpc) is 2.47. The fourth-order valence-corrected chi connectivity index (χ4v) is 3.03. The zero-order valence-corrected chi connectivity index (χ0v) is 16.4. The van der Waals surface area contributed by atoms with Crippen LogP contribution >= 0.6 is 22.9 Å². The summed E-state index contributed by atoms with van der Waals surface area (Å²) in [5.74, 6) is 1.02.